The zero-order chi connectivity index (χ0) is 13.8. The van der Waals surface area contributed by atoms with E-state index < -0.39 is 5.82 Å². The third-order valence-electron chi connectivity index (χ3n) is 3.51. The van der Waals surface area contributed by atoms with Crippen LogP contribution in [-0.4, -0.2) is 37.5 Å². The molecule has 0 aliphatic carbocycles. The Morgan fingerprint density at radius 3 is 2.79 bits per heavy atom. The molecule has 3 nitrogen and oxygen atoms in total. The molecule has 1 fully saturated rings. The second-order valence-corrected chi connectivity index (χ2v) is 5.38. The Labute approximate surface area is 117 Å². The molecule has 1 heterocycles. The van der Waals surface area contributed by atoms with Crippen molar-refractivity contribution in [1.29, 1.82) is 0 Å². The zero-order valence-corrected chi connectivity index (χ0v) is 11.7. The summed E-state index contributed by atoms with van der Waals surface area (Å²) in [6.07, 6.45) is 2.09. The van der Waals surface area contributed by atoms with Crippen molar-refractivity contribution in [3.63, 3.8) is 0 Å². The van der Waals surface area contributed by atoms with Crippen LogP contribution in [0.3, 0.4) is 0 Å². The first-order valence-corrected chi connectivity index (χ1v) is 6.87. The molecule has 19 heavy (non-hydrogen) atoms. The van der Waals surface area contributed by atoms with Gasteiger partial charge in [-0.3, -0.25) is 4.79 Å². The van der Waals surface area contributed by atoms with Crippen molar-refractivity contribution < 1.29 is 9.18 Å². The fraction of sp³-hybridized carbons (Fsp3) is 0.500. The summed E-state index contributed by atoms with van der Waals surface area (Å²) in [6, 6.07) is 4.30. The first-order valence-electron chi connectivity index (χ1n) is 6.50. The van der Waals surface area contributed by atoms with Gasteiger partial charge >= 0.3 is 0 Å². The summed E-state index contributed by atoms with van der Waals surface area (Å²) < 4.78 is 13.7. The molecule has 1 aromatic carbocycles. The number of halogens is 2. The highest BCUT2D eigenvalue weighted by atomic mass is 35.5. The topological polar surface area (TPSA) is 32.3 Å². The Morgan fingerprint density at radius 1 is 1.47 bits per heavy atom. The van der Waals surface area contributed by atoms with Gasteiger partial charge in [0, 0.05) is 13.6 Å². The number of benzene rings is 1. The minimum Gasteiger partial charge on any atom is -0.341 e. The van der Waals surface area contributed by atoms with Crippen molar-refractivity contribution in [1.82, 2.24) is 10.2 Å². The third-order valence-corrected chi connectivity index (χ3v) is 3.83. The zero-order valence-electron chi connectivity index (χ0n) is 11.0. The lowest BCUT2D eigenvalue weighted by atomic mass is 9.97. The van der Waals surface area contributed by atoms with Gasteiger partial charge in [-0.05, 0) is 44.0 Å². The van der Waals surface area contributed by atoms with Crippen molar-refractivity contribution >= 4 is 17.5 Å². The number of amides is 1. The molecule has 0 unspecified atom stereocenters. The molecule has 104 valence electrons. The summed E-state index contributed by atoms with van der Waals surface area (Å²) in [5, 5.41) is 3.45. The number of rotatable bonds is 3. The molecule has 1 N–H and O–H groups in total. The van der Waals surface area contributed by atoms with Crippen LogP contribution in [0.15, 0.2) is 18.2 Å². The fourth-order valence-electron chi connectivity index (χ4n) is 2.43. The van der Waals surface area contributed by atoms with Gasteiger partial charge in [0.25, 0.3) is 5.91 Å². The number of carbonyl (C=O) groups is 1. The van der Waals surface area contributed by atoms with E-state index in [9.17, 15) is 9.18 Å². The molecule has 1 aliphatic heterocycles. The molecule has 0 radical (unpaired) electrons. The van der Waals surface area contributed by atoms with Gasteiger partial charge in [-0.1, -0.05) is 17.7 Å². The largest absolute Gasteiger partial charge is 0.341 e. The molecule has 0 aromatic heterocycles. The van der Waals surface area contributed by atoms with Gasteiger partial charge in [-0.15, -0.1) is 0 Å². The van der Waals surface area contributed by atoms with Crippen molar-refractivity contribution in [2.75, 3.05) is 26.7 Å². The molecule has 0 saturated carbocycles. The summed E-state index contributed by atoms with van der Waals surface area (Å²) in [5.74, 6) is -0.433. The smallest absolute Gasteiger partial charge is 0.258 e. The Kier molecular flexibility index (Phi) is 4.77. The van der Waals surface area contributed by atoms with Crippen molar-refractivity contribution in [2.45, 2.75) is 12.8 Å². The average molecular weight is 285 g/mol. The van der Waals surface area contributed by atoms with E-state index in [1.807, 2.05) is 0 Å². The maximum Gasteiger partial charge on any atom is 0.258 e. The maximum atomic E-state index is 13.7. The normalized spacial score (nSPS) is 16.4. The van der Waals surface area contributed by atoms with Crippen molar-refractivity contribution in [3.8, 4) is 0 Å². The van der Waals surface area contributed by atoms with E-state index in [4.69, 9.17) is 11.6 Å². The van der Waals surface area contributed by atoms with E-state index in [0.29, 0.717) is 12.5 Å². The van der Waals surface area contributed by atoms with Crippen LogP contribution in [-0.2, 0) is 0 Å². The highest BCUT2D eigenvalue weighted by Gasteiger charge is 2.22. The first kappa shape index (κ1) is 14.3. The molecule has 5 heteroatoms. The lowest BCUT2D eigenvalue weighted by Gasteiger charge is -2.27. The van der Waals surface area contributed by atoms with Crippen LogP contribution in [0.1, 0.15) is 23.2 Å². The van der Waals surface area contributed by atoms with Crippen LogP contribution in [0.5, 0.6) is 0 Å². The summed E-state index contributed by atoms with van der Waals surface area (Å²) in [5.41, 5.74) is -0.0272. The molecule has 0 spiro atoms. The Bertz CT molecular complexity index is 441. The summed E-state index contributed by atoms with van der Waals surface area (Å²) in [4.78, 5) is 13.8. The standard InChI is InChI=1S/C14H18ClFN2O/c1-18(9-10-5-7-17-8-6-10)14(19)13-11(15)3-2-4-12(13)16/h2-4,10,17H,5-9H2,1H3. The highest BCUT2D eigenvalue weighted by Crippen LogP contribution is 2.21. The minimum atomic E-state index is -0.560. The Morgan fingerprint density at radius 2 is 2.16 bits per heavy atom. The highest BCUT2D eigenvalue weighted by molar-refractivity contribution is 6.33. The lowest BCUT2D eigenvalue weighted by molar-refractivity contribution is 0.0758. The number of carbonyl (C=O) groups excluding carboxylic acids is 1. The number of hydrogen-bond donors (Lipinski definition) is 1. The summed E-state index contributed by atoms with van der Waals surface area (Å²) >= 11 is 5.91. The van der Waals surface area contributed by atoms with Gasteiger partial charge in [-0.25, -0.2) is 4.39 Å². The van der Waals surface area contributed by atoms with Gasteiger partial charge in [0.15, 0.2) is 0 Å². The van der Waals surface area contributed by atoms with Crippen molar-refractivity contribution in [2.24, 2.45) is 5.92 Å². The van der Waals surface area contributed by atoms with Gasteiger partial charge in [0.2, 0.25) is 0 Å². The Hall–Kier alpha value is -1.13. The molecule has 2 rings (SSSR count). The first-order chi connectivity index (χ1) is 9.09. The summed E-state index contributed by atoms with van der Waals surface area (Å²) in [6.45, 7) is 2.60. The second kappa shape index (κ2) is 6.35. The van der Waals surface area contributed by atoms with Crippen LogP contribution in [0.4, 0.5) is 4.39 Å². The van der Waals surface area contributed by atoms with Gasteiger partial charge in [-0.2, -0.15) is 0 Å². The van der Waals surface area contributed by atoms with Gasteiger partial charge in [0.1, 0.15) is 5.82 Å². The molecule has 1 aliphatic rings. The van der Waals surface area contributed by atoms with E-state index in [2.05, 4.69) is 5.32 Å². The van der Waals surface area contributed by atoms with E-state index in [-0.39, 0.29) is 16.5 Å². The Balaban J connectivity index is 2.06. The second-order valence-electron chi connectivity index (χ2n) is 4.98. The van der Waals surface area contributed by atoms with E-state index in [0.717, 1.165) is 25.9 Å². The molecular weight excluding hydrogens is 267 g/mol. The van der Waals surface area contributed by atoms with Crippen LogP contribution in [0, 0.1) is 11.7 Å². The quantitative estimate of drug-likeness (QED) is 0.925. The molecule has 1 aromatic rings. The number of nitrogens with one attached hydrogen (secondary N) is 1. The molecule has 0 atom stereocenters. The molecule has 1 amide bonds. The minimum absolute atomic E-state index is 0.0272. The fourth-order valence-corrected chi connectivity index (χ4v) is 2.67. The van der Waals surface area contributed by atoms with E-state index in [1.165, 1.54) is 18.2 Å². The molecule has 0 bridgehead atoms. The SMILES string of the molecule is CN(CC1CCNCC1)C(=O)c1c(F)cccc1Cl. The number of nitrogens with zero attached hydrogens (tertiary/aromatic N) is 1. The average Bonchev–Trinajstić information content (AvgIpc) is 2.39. The number of hydrogen-bond acceptors (Lipinski definition) is 2. The van der Waals surface area contributed by atoms with Crippen LogP contribution in [0.2, 0.25) is 5.02 Å². The monoisotopic (exact) mass is 284 g/mol. The van der Waals surface area contributed by atoms with E-state index >= 15 is 0 Å². The van der Waals surface area contributed by atoms with Crippen molar-refractivity contribution in [3.05, 3.63) is 34.6 Å². The predicted octanol–water partition coefficient (Wildman–Crippen LogP) is 2.55. The van der Waals surface area contributed by atoms with E-state index in [1.54, 1.807) is 11.9 Å². The lowest BCUT2D eigenvalue weighted by Crippen LogP contribution is -2.37. The molecule has 1 saturated heterocycles. The maximum absolute atomic E-state index is 13.7. The van der Waals surface area contributed by atoms with Crippen LogP contribution in [0.25, 0.3) is 0 Å². The van der Waals surface area contributed by atoms with Crippen LogP contribution >= 0.6 is 11.6 Å². The van der Waals surface area contributed by atoms with Crippen LogP contribution < -0.4 is 5.32 Å². The molecular formula is C14H18ClFN2O. The number of piperidine rings is 1. The summed E-state index contributed by atoms with van der Waals surface area (Å²) in [7, 11) is 1.70. The third kappa shape index (κ3) is 3.45. The van der Waals surface area contributed by atoms with Gasteiger partial charge in [0.05, 0.1) is 10.6 Å². The van der Waals surface area contributed by atoms with Gasteiger partial charge < -0.3 is 10.2 Å². The predicted molar refractivity (Wildman–Crippen MR) is 74.0 cm³/mol.